The second kappa shape index (κ2) is 14.8. The van der Waals surface area contributed by atoms with E-state index in [-0.39, 0.29) is 5.41 Å². The quantitative estimate of drug-likeness (QED) is 0.0910. The van der Waals surface area contributed by atoms with Crippen molar-refractivity contribution in [2.24, 2.45) is 0 Å². The largest absolute Gasteiger partial charge is 0.456 e. The fourth-order valence-electron chi connectivity index (χ4n) is 9.95. The number of para-hydroxylation sites is 2. The zero-order valence-electron chi connectivity index (χ0n) is 36.0. The second-order valence-corrected chi connectivity index (χ2v) is 17.5. The molecule has 304 valence electrons. The molecule has 11 aromatic rings. The van der Waals surface area contributed by atoms with Crippen molar-refractivity contribution in [2.75, 3.05) is 0 Å². The van der Waals surface area contributed by atoms with E-state index in [1.165, 1.54) is 44.2 Å². The van der Waals surface area contributed by atoms with E-state index in [0.717, 1.165) is 77.5 Å². The molecular weight excluding hydrogens is 779 g/mol. The zero-order valence-corrected chi connectivity index (χ0v) is 36.0. The minimum Gasteiger partial charge on any atom is -0.456 e. The zero-order chi connectivity index (χ0) is 42.9. The molecule has 0 unspecified atom stereocenters. The van der Waals surface area contributed by atoms with Crippen molar-refractivity contribution in [1.82, 2.24) is 4.58 Å². The number of fused-ring (bicyclic) bond motifs is 10. The van der Waals surface area contributed by atoms with Crippen LogP contribution in [0.15, 0.2) is 215 Å². The van der Waals surface area contributed by atoms with Crippen LogP contribution in [-0.4, -0.2) is 6.21 Å². The molecule has 3 heteroatoms. The summed E-state index contributed by atoms with van der Waals surface area (Å²) in [5.41, 5.74) is 17.8. The average molecular weight is 823 g/mol. The molecule has 3 nitrogen and oxygen atoms in total. The summed E-state index contributed by atoms with van der Waals surface area (Å²) in [5.74, 6) is 0. The summed E-state index contributed by atoms with van der Waals surface area (Å²) in [4.78, 5) is 0. The Kier molecular flexibility index (Phi) is 8.74. The average Bonchev–Trinajstić information content (AvgIpc) is 3.98. The lowest BCUT2D eigenvalue weighted by atomic mass is 9.81. The molecule has 0 bridgehead atoms. The summed E-state index contributed by atoms with van der Waals surface area (Å²) < 4.78 is 14.7. The maximum atomic E-state index is 6.20. The molecule has 64 heavy (non-hydrogen) atoms. The standard InChI is InChI=1S/C61H44NO2/c1-4-11-39(44-23-30-59-53(35-44)51-14-7-9-16-57(51)63-59)32-33-62(47-25-20-41(21-26-47)45-24-31-60-54(36-45)52-15-8-10-17-58(52)64-60)48-27-29-50-49-28-22-46(37-55(49)61(2,3)56(50)38-48)43-19-18-40-12-5-6-13-42(40)34-43/h4-38H,1-3H3/q+1/b11-4-,39-32+,62-33?. The van der Waals surface area contributed by atoms with Gasteiger partial charge in [0.05, 0.1) is 0 Å². The van der Waals surface area contributed by atoms with Gasteiger partial charge in [-0.05, 0) is 140 Å². The molecule has 2 aromatic heterocycles. The third kappa shape index (κ3) is 6.23. The molecule has 0 aliphatic heterocycles. The van der Waals surface area contributed by atoms with E-state index in [1.807, 2.05) is 24.3 Å². The van der Waals surface area contributed by atoms with Crippen LogP contribution in [0.5, 0.6) is 0 Å². The number of hydrogen-bond acceptors (Lipinski definition) is 2. The van der Waals surface area contributed by atoms with Crippen LogP contribution < -0.4 is 4.58 Å². The highest BCUT2D eigenvalue weighted by molar-refractivity contribution is 6.07. The Morgan fingerprint density at radius 3 is 1.75 bits per heavy atom. The highest BCUT2D eigenvalue weighted by atomic mass is 16.3. The van der Waals surface area contributed by atoms with Crippen LogP contribution in [0.4, 0.5) is 11.4 Å². The Morgan fingerprint density at radius 2 is 1.00 bits per heavy atom. The molecule has 2 heterocycles. The van der Waals surface area contributed by atoms with Gasteiger partial charge in [-0.3, -0.25) is 0 Å². The van der Waals surface area contributed by atoms with E-state index in [0.29, 0.717) is 0 Å². The summed E-state index contributed by atoms with van der Waals surface area (Å²) in [5, 5.41) is 7.01. The van der Waals surface area contributed by atoms with Crippen molar-refractivity contribution in [1.29, 1.82) is 0 Å². The minimum absolute atomic E-state index is 0.215. The van der Waals surface area contributed by atoms with Gasteiger partial charge in [-0.15, -0.1) is 0 Å². The summed E-state index contributed by atoms with van der Waals surface area (Å²) in [7, 11) is 0. The number of rotatable bonds is 7. The molecule has 0 saturated carbocycles. The molecule has 9 aromatic carbocycles. The Balaban J connectivity index is 0.966. The van der Waals surface area contributed by atoms with Gasteiger partial charge in [-0.2, -0.15) is 4.58 Å². The van der Waals surface area contributed by atoms with Gasteiger partial charge in [0.1, 0.15) is 22.3 Å². The van der Waals surface area contributed by atoms with Crippen molar-refractivity contribution in [3.8, 4) is 33.4 Å². The normalized spacial score (nSPS) is 13.8. The van der Waals surface area contributed by atoms with Crippen molar-refractivity contribution in [2.45, 2.75) is 26.2 Å². The first-order chi connectivity index (χ1) is 31.4. The minimum atomic E-state index is -0.215. The van der Waals surface area contributed by atoms with Crippen LogP contribution in [0.25, 0.3) is 93.6 Å². The van der Waals surface area contributed by atoms with Gasteiger partial charge in [-0.1, -0.05) is 123 Å². The Hall–Kier alpha value is -8.01. The van der Waals surface area contributed by atoms with Gasteiger partial charge in [0.2, 0.25) is 11.4 Å². The van der Waals surface area contributed by atoms with E-state index < -0.39 is 0 Å². The predicted molar refractivity (Wildman–Crippen MR) is 270 cm³/mol. The molecule has 0 saturated heterocycles. The van der Waals surface area contributed by atoms with Crippen molar-refractivity contribution in [3.05, 3.63) is 223 Å². The molecular formula is C61H44NO2+. The first-order valence-electron chi connectivity index (χ1n) is 22.1. The SMILES string of the molecule is C/C=C\C(=C/C=[N+](c1ccc(-c2ccc3oc4ccccc4c3c2)cc1)c1ccc2c(c1)C(C)(C)c1cc(-c3ccc4ccccc4c3)ccc1-2)c1ccc2oc3ccccc3c2c1. The summed E-state index contributed by atoms with van der Waals surface area (Å²) in [6.07, 6.45) is 8.75. The Bertz CT molecular complexity index is 3760. The van der Waals surface area contributed by atoms with Crippen LogP contribution >= 0.6 is 0 Å². The smallest absolute Gasteiger partial charge is 0.211 e. The number of furan rings is 2. The van der Waals surface area contributed by atoms with E-state index >= 15 is 0 Å². The lowest BCUT2D eigenvalue weighted by Gasteiger charge is -2.22. The summed E-state index contributed by atoms with van der Waals surface area (Å²) >= 11 is 0. The Labute approximate surface area is 372 Å². The predicted octanol–water partition coefficient (Wildman–Crippen LogP) is 16.8. The highest BCUT2D eigenvalue weighted by Gasteiger charge is 2.37. The van der Waals surface area contributed by atoms with Crippen molar-refractivity contribution >= 4 is 77.8 Å². The van der Waals surface area contributed by atoms with Crippen molar-refractivity contribution < 1.29 is 8.83 Å². The van der Waals surface area contributed by atoms with E-state index in [9.17, 15) is 0 Å². The van der Waals surface area contributed by atoms with Crippen LogP contribution in [0.3, 0.4) is 0 Å². The number of hydrogen-bond donors (Lipinski definition) is 0. The Morgan fingerprint density at radius 1 is 0.453 bits per heavy atom. The number of benzene rings is 9. The molecule has 0 spiro atoms. The van der Waals surface area contributed by atoms with Crippen LogP contribution in [0.1, 0.15) is 37.5 Å². The first kappa shape index (κ1) is 37.7. The van der Waals surface area contributed by atoms with Gasteiger partial charge in [-0.25, -0.2) is 0 Å². The number of allylic oxidation sites excluding steroid dienone is 4. The van der Waals surface area contributed by atoms with Gasteiger partial charge < -0.3 is 8.83 Å². The monoisotopic (exact) mass is 822 g/mol. The maximum absolute atomic E-state index is 6.20. The summed E-state index contributed by atoms with van der Waals surface area (Å²) in [6, 6.07) is 67.8. The molecule has 0 atom stereocenters. The maximum Gasteiger partial charge on any atom is 0.211 e. The second-order valence-electron chi connectivity index (χ2n) is 17.5. The summed E-state index contributed by atoms with van der Waals surface area (Å²) in [6.45, 7) is 6.81. The highest BCUT2D eigenvalue weighted by Crippen LogP contribution is 2.51. The third-order valence-electron chi connectivity index (χ3n) is 13.3. The lowest BCUT2D eigenvalue weighted by Crippen LogP contribution is -2.16. The number of nitrogens with zero attached hydrogens (tertiary/aromatic N) is 1. The molecule has 0 N–H and O–H groups in total. The van der Waals surface area contributed by atoms with E-state index in [1.54, 1.807) is 0 Å². The van der Waals surface area contributed by atoms with E-state index in [2.05, 4.69) is 214 Å². The van der Waals surface area contributed by atoms with Crippen LogP contribution in [0.2, 0.25) is 0 Å². The van der Waals surface area contributed by atoms with Gasteiger partial charge in [0.15, 0.2) is 6.21 Å². The van der Waals surface area contributed by atoms with E-state index in [4.69, 9.17) is 8.83 Å². The molecule has 1 aliphatic carbocycles. The molecule has 0 fully saturated rings. The van der Waals surface area contributed by atoms with Gasteiger partial charge >= 0.3 is 0 Å². The molecule has 0 amide bonds. The fourth-order valence-corrected chi connectivity index (χ4v) is 9.95. The molecule has 0 radical (unpaired) electrons. The van der Waals surface area contributed by atoms with Crippen LogP contribution in [0, 0.1) is 0 Å². The molecule has 12 rings (SSSR count). The van der Waals surface area contributed by atoms with Gasteiger partial charge in [0.25, 0.3) is 0 Å². The van der Waals surface area contributed by atoms with Gasteiger partial charge in [0, 0.05) is 57.3 Å². The third-order valence-corrected chi connectivity index (χ3v) is 13.3. The lowest BCUT2D eigenvalue weighted by molar-refractivity contribution is 0.660. The van der Waals surface area contributed by atoms with Crippen LogP contribution in [-0.2, 0) is 5.41 Å². The van der Waals surface area contributed by atoms with Crippen molar-refractivity contribution in [3.63, 3.8) is 0 Å². The molecule has 1 aliphatic rings. The fraction of sp³-hybridized carbons (Fsp3) is 0.0656. The first-order valence-corrected chi connectivity index (χ1v) is 22.1. The topological polar surface area (TPSA) is 29.3 Å².